The summed E-state index contributed by atoms with van der Waals surface area (Å²) in [6.45, 7) is 0.523. The minimum absolute atomic E-state index is 0.0226. The highest BCUT2D eigenvalue weighted by Crippen LogP contribution is 2.25. The number of carbonyl (C=O) groups is 1. The molecular formula is C20H21N3O5. The van der Waals surface area contributed by atoms with Gasteiger partial charge in [-0.2, -0.15) is 0 Å². The van der Waals surface area contributed by atoms with Gasteiger partial charge in [0.05, 0.1) is 19.8 Å². The Bertz CT molecular complexity index is 811. The summed E-state index contributed by atoms with van der Waals surface area (Å²) in [5, 5.41) is 13.8. The van der Waals surface area contributed by atoms with Crippen molar-refractivity contribution in [1.82, 2.24) is 0 Å². The normalized spacial score (nSPS) is 22.3. The molecule has 8 heteroatoms. The Kier molecular flexibility index (Phi) is 7.00. The number of hydrogen-bond donors (Lipinski definition) is 1. The van der Waals surface area contributed by atoms with Crippen LogP contribution >= 0.6 is 0 Å². The molecule has 28 heavy (non-hydrogen) atoms. The van der Waals surface area contributed by atoms with Crippen molar-refractivity contribution in [3.05, 3.63) is 82.2 Å². The minimum Gasteiger partial charge on any atom is -0.457 e. The van der Waals surface area contributed by atoms with Gasteiger partial charge in [0.15, 0.2) is 6.10 Å². The Hall–Kier alpha value is -2.90. The number of hydrogen-bond acceptors (Lipinski definition) is 6. The topological polar surface area (TPSA) is 114 Å². The third-order valence-corrected chi connectivity index (χ3v) is 4.39. The standard InChI is InChI=1S/C20H21N3O5/c21-23-22-16(13-26-11-14-7-3-1-4-8-14)18-19(17(24)20(25)28-18)27-12-15-9-5-2-6-10-15/h1-10,16-19,24H,11-13H2/t16-,17-,18-,19+/m1/s1. The molecule has 1 saturated heterocycles. The molecule has 1 fully saturated rings. The molecule has 0 spiro atoms. The summed E-state index contributed by atoms with van der Waals surface area (Å²) in [5.41, 5.74) is 10.7. The van der Waals surface area contributed by atoms with Gasteiger partial charge in [0, 0.05) is 4.91 Å². The number of cyclic esters (lactones) is 1. The summed E-state index contributed by atoms with van der Waals surface area (Å²) in [7, 11) is 0. The predicted molar refractivity (Wildman–Crippen MR) is 99.9 cm³/mol. The molecule has 0 bridgehead atoms. The van der Waals surface area contributed by atoms with Crippen LogP contribution in [0.4, 0.5) is 0 Å². The van der Waals surface area contributed by atoms with Crippen molar-refractivity contribution >= 4 is 5.97 Å². The first-order valence-electron chi connectivity index (χ1n) is 8.89. The van der Waals surface area contributed by atoms with Crippen molar-refractivity contribution < 1.29 is 24.1 Å². The molecule has 2 aromatic carbocycles. The molecule has 0 aromatic heterocycles. The number of rotatable bonds is 9. The summed E-state index contributed by atoms with van der Waals surface area (Å²) in [5.74, 6) is -0.802. The highest BCUT2D eigenvalue weighted by atomic mass is 16.6. The van der Waals surface area contributed by atoms with Crippen LogP contribution in [0, 0.1) is 0 Å². The lowest BCUT2D eigenvalue weighted by molar-refractivity contribution is -0.148. The van der Waals surface area contributed by atoms with E-state index in [1.807, 2.05) is 60.7 Å². The molecule has 1 heterocycles. The fourth-order valence-corrected chi connectivity index (χ4v) is 2.97. The Balaban J connectivity index is 1.64. The number of esters is 1. The quantitative estimate of drug-likeness (QED) is 0.309. The maximum Gasteiger partial charge on any atom is 0.338 e. The van der Waals surface area contributed by atoms with E-state index in [-0.39, 0.29) is 13.2 Å². The van der Waals surface area contributed by atoms with Gasteiger partial charge in [0.25, 0.3) is 0 Å². The van der Waals surface area contributed by atoms with Crippen molar-refractivity contribution in [2.24, 2.45) is 5.11 Å². The van der Waals surface area contributed by atoms with Gasteiger partial charge in [0.1, 0.15) is 18.2 Å². The average molecular weight is 383 g/mol. The zero-order valence-corrected chi connectivity index (χ0v) is 15.1. The lowest BCUT2D eigenvalue weighted by atomic mass is 10.0. The van der Waals surface area contributed by atoms with Crippen LogP contribution in [-0.2, 0) is 32.2 Å². The molecule has 0 amide bonds. The van der Waals surface area contributed by atoms with Crippen molar-refractivity contribution in [3.8, 4) is 0 Å². The van der Waals surface area contributed by atoms with E-state index in [1.54, 1.807) is 0 Å². The van der Waals surface area contributed by atoms with Gasteiger partial charge < -0.3 is 19.3 Å². The molecule has 2 aromatic rings. The van der Waals surface area contributed by atoms with Gasteiger partial charge in [0.2, 0.25) is 0 Å². The van der Waals surface area contributed by atoms with Gasteiger partial charge in [-0.25, -0.2) is 4.79 Å². The van der Waals surface area contributed by atoms with E-state index in [2.05, 4.69) is 10.0 Å². The monoisotopic (exact) mass is 383 g/mol. The number of azide groups is 1. The molecule has 8 nitrogen and oxygen atoms in total. The van der Waals surface area contributed by atoms with Crippen LogP contribution in [0.25, 0.3) is 10.4 Å². The molecule has 0 aliphatic carbocycles. The lowest BCUT2D eigenvalue weighted by Crippen LogP contribution is -2.41. The first-order valence-corrected chi connectivity index (χ1v) is 8.89. The van der Waals surface area contributed by atoms with Gasteiger partial charge >= 0.3 is 5.97 Å². The molecule has 1 aliphatic heterocycles. The summed E-state index contributed by atoms with van der Waals surface area (Å²) >= 11 is 0. The summed E-state index contributed by atoms with van der Waals surface area (Å²) in [4.78, 5) is 14.7. The van der Waals surface area contributed by atoms with E-state index in [9.17, 15) is 9.90 Å². The Morgan fingerprint density at radius 1 is 1.07 bits per heavy atom. The number of aliphatic hydroxyl groups is 1. The lowest BCUT2D eigenvalue weighted by Gasteiger charge is -2.24. The Morgan fingerprint density at radius 3 is 2.29 bits per heavy atom. The molecule has 0 saturated carbocycles. The van der Waals surface area contributed by atoms with Crippen molar-refractivity contribution in [3.63, 3.8) is 0 Å². The third kappa shape index (κ3) is 5.09. The predicted octanol–water partition coefficient (Wildman–Crippen LogP) is 2.75. The number of aliphatic hydroxyl groups excluding tert-OH is 1. The number of carbonyl (C=O) groups excluding carboxylic acids is 1. The third-order valence-electron chi connectivity index (χ3n) is 4.39. The molecule has 146 valence electrons. The van der Waals surface area contributed by atoms with Crippen molar-refractivity contribution in [2.45, 2.75) is 37.6 Å². The maximum absolute atomic E-state index is 11.9. The molecule has 1 aliphatic rings. The van der Waals surface area contributed by atoms with E-state index < -0.39 is 30.3 Å². The van der Waals surface area contributed by atoms with E-state index in [4.69, 9.17) is 19.7 Å². The van der Waals surface area contributed by atoms with Gasteiger partial charge in [-0.15, -0.1) is 0 Å². The SMILES string of the molecule is [N-]=[N+]=N[C@H](COCc1ccccc1)[C@H]1OC(=O)[C@H](O)[C@@H]1OCc1ccccc1. The number of ether oxygens (including phenoxy) is 3. The number of benzene rings is 2. The molecule has 0 unspecified atom stereocenters. The zero-order chi connectivity index (χ0) is 19.8. The molecule has 4 atom stereocenters. The van der Waals surface area contributed by atoms with Crippen LogP contribution in [0.5, 0.6) is 0 Å². The molecule has 3 rings (SSSR count). The van der Waals surface area contributed by atoms with Gasteiger partial charge in [-0.3, -0.25) is 0 Å². The van der Waals surface area contributed by atoms with Crippen LogP contribution in [0.15, 0.2) is 65.8 Å². The van der Waals surface area contributed by atoms with Crippen LogP contribution < -0.4 is 0 Å². The van der Waals surface area contributed by atoms with Gasteiger partial charge in [-0.05, 0) is 16.7 Å². The van der Waals surface area contributed by atoms with E-state index in [0.717, 1.165) is 11.1 Å². The largest absolute Gasteiger partial charge is 0.457 e. The second-order valence-corrected chi connectivity index (χ2v) is 6.38. The fourth-order valence-electron chi connectivity index (χ4n) is 2.97. The van der Waals surface area contributed by atoms with Crippen molar-refractivity contribution in [1.29, 1.82) is 0 Å². The first kappa shape index (κ1) is 19.9. The van der Waals surface area contributed by atoms with Crippen LogP contribution in [0.2, 0.25) is 0 Å². The average Bonchev–Trinajstić information content (AvgIpc) is 3.01. The van der Waals surface area contributed by atoms with E-state index in [1.165, 1.54) is 0 Å². The second-order valence-electron chi connectivity index (χ2n) is 6.38. The van der Waals surface area contributed by atoms with E-state index >= 15 is 0 Å². The summed E-state index contributed by atoms with van der Waals surface area (Å²) in [6, 6.07) is 18.0. The van der Waals surface area contributed by atoms with Crippen LogP contribution in [0.1, 0.15) is 11.1 Å². The van der Waals surface area contributed by atoms with Gasteiger partial charge in [-0.1, -0.05) is 65.8 Å². The van der Waals surface area contributed by atoms with E-state index in [0.29, 0.717) is 6.61 Å². The second kappa shape index (κ2) is 9.87. The van der Waals surface area contributed by atoms with Crippen molar-refractivity contribution in [2.75, 3.05) is 6.61 Å². The Labute approximate surface area is 162 Å². The molecule has 0 radical (unpaired) electrons. The highest BCUT2D eigenvalue weighted by molar-refractivity contribution is 5.78. The van der Waals surface area contributed by atoms with Crippen LogP contribution in [-0.4, -0.2) is 42.0 Å². The van der Waals surface area contributed by atoms with Crippen LogP contribution in [0.3, 0.4) is 0 Å². The molecular weight excluding hydrogens is 362 g/mol. The zero-order valence-electron chi connectivity index (χ0n) is 15.1. The Morgan fingerprint density at radius 2 is 1.68 bits per heavy atom. The summed E-state index contributed by atoms with van der Waals surface area (Å²) < 4.78 is 16.6. The first-order chi connectivity index (χ1) is 13.7. The maximum atomic E-state index is 11.9. The minimum atomic E-state index is -1.45. The summed E-state index contributed by atoms with van der Waals surface area (Å²) in [6.07, 6.45) is -3.33. The highest BCUT2D eigenvalue weighted by Gasteiger charge is 2.48. The molecule has 1 N–H and O–H groups in total. The smallest absolute Gasteiger partial charge is 0.338 e. The fraction of sp³-hybridized carbons (Fsp3) is 0.350. The number of nitrogens with zero attached hydrogens (tertiary/aromatic N) is 3.